The Bertz CT molecular complexity index is 813. The maximum absolute atomic E-state index is 11.3. The van der Waals surface area contributed by atoms with Crippen LogP contribution in [-0.4, -0.2) is 56.8 Å². The minimum atomic E-state index is 0.206. The molecule has 26 heavy (non-hydrogen) atoms. The fourth-order valence-corrected chi connectivity index (χ4v) is 4.73. The molecule has 0 bridgehead atoms. The molecule has 2 saturated heterocycles. The third kappa shape index (κ3) is 2.98. The van der Waals surface area contributed by atoms with Crippen molar-refractivity contribution < 1.29 is 4.79 Å². The number of rotatable bonds is 3. The molecule has 0 aromatic carbocycles. The van der Waals surface area contributed by atoms with Crippen LogP contribution >= 0.6 is 0 Å². The van der Waals surface area contributed by atoms with Crippen LogP contribution in [0, 0.1) is 5.92 Å². The molecule has 138 valence electrons. The molecule has 1 atom stereocenters. The van der Waals surface area contributed by atoms with E-state index in [1.165, 1.54) is 17.7 Å². The first-order chi connectivity index (χ1) is 12.8. The predicted molar refractivity (Wildman–Crippen MR) is 97.0 cm³/mol. The number of amides is 1. The average molecular weight is 354 g/mol. The predicted octanol–water partition coefficient (Wildman–Crippen LogP) is 1.32. The number of hydrogen-bond donors (Lipinski definition) is 1. The van der Waals surface area contributed by atoms with E-state index < -0.39 is 0 Å². The number of aromatic nitrogens is 4. The summed E-state index contributed by atoms with van der Waals surface area (Å²) >= 11 is 0. The number of likely N-dealkylation sites (tertiary alicyclic amines) is 1. The number of piperidine rings is 2. The zero-order chi connectivity index (χ0) is 17.5. The van der Waals surface area contributed by atoms with E-state index in [0.29, 0.717) is 18.3 Å². The van der Waals surface area contributed by atoms with Gasteiger partial charge >= 0.3 is 0 Å². The molecule has 2 aromatic heterocycles. The molecule has 0 spiro atoms. The van der Waals surface area contributed by atoms with Gasteiger partial charge in [0.15, 0.2) is 11.5 Å². The molecule has 1 amide bonds. The van der Waals surface area contributed by atoms with E-state index in [-0.39, 0.29) is 5.91 Å². The Morgan fingerprint density at radius 1 is 1.12 bits per heavy atom. The van der Waals surface area contributed by atoms with Crippen LogP contribution in [0.1, 0.15) is 55.1 Å². The van der Waals surface area contributed by atoms with Crippen LogP contribution in [0.2, 0.25) is 0 Å². The fraction of sp³-hybridized carbons (Fsp3) is 0.684. The second-order valence-corrected chi connectivity index (χ2v) is 8.08. The Morgan fingerprint density at radius 3 is 2.81 bits per heavy atom. The molecule has 3 aliphatic rings. The highest BCUT2D eigenvalue weighted by Crippen LogP contribution is 2.29. The van der Waals surface area contributed by atoms with Crippen molar-refractivity contribution in [1.82, 2.24) is 30.0 Å². The van der Waals surface area contributed by atoms with E-state index in [1.54, 1.807) is 0 Å². The number of aryl methyl sites for hydroxylation is 2. The quantitative estimate of drug-likeness (QED) is 0.900. The fourth-order valence-electron chi connectivity index (χ4n) is 4.73. The maximum atomic E-state index is 11.3. The molecular weight excluding hydrogens is 328 g/mol. The molecule has 4 heterocycles. The van der Waals surface area contributed by atoms with Crippen molar-refractivity contribution in [3.05, 3.63) is 23.1 Å². The molecule has 1 aliphatic carbocycles. The van der Waals surface area contributed by atoms with Crippen molar-refractivity contribution in [1.29, 1.82) is 0 Å². The standard InChI is InChI=1S/C19H26N6O/c26-18-5-4-13(11-20-18)12-24-8-6-14(7-9-24)19-22-21-17-10-15-2-1-3-16(15)23-25(17)19/h10,13-14H,1-9,11-12H2,(H,20,26). The summed E-state index contributed by atoms with van der Waals surface area (Å²) in [4.78, 5) is 13.9. The van der Waals surface area contributed by atoms with E-state index in [0.717, 1.165) is 69.8 Å². The van der Waals surface area contributed by atoms with E-state index in [2.05, 4.69) is 26.5 Å². The lowest BCUT2D eigenvalue weighted by Gasteiger charge is -2.34. The van der Waals surface area contributed by atoms with Crippen LogP contribution in [0.5, 0.6) is 0 Å². The zero-order valence-electron chi connectivity index (χ0n) is 15.2. The smallest absolute Gasteiger partial charge is 0.220 e. The third-order valence-electron chi connectivity index (χ3n) is 6.28. The van der Waals surface area contributed by atoms with Crippen molar-refractivity contribution >= 4 is 11.6 Å². The Balaban J connectivity index is 1.24. The van der Waals surface area contributed by atoms with E-state index in [4.69, 9.17) is 5.10 Å². The van der Waals surface area contributed by atoms with Gasteiger partial charge in [-0.25, -0.2) is 0 Å². The van der Waals surface area contributed by atoms with Crippen molar-refractivity contribution in [2.45, 2.75) is 50.9 Å². The Kier molecular flexibility index (Phi) is 4.11. The summed E-state index contributed by atoms with van der Waals surface area (Å²) in [6, 6.07) is 2.18. The van der Waals surface area contributed by atoms with Gasteiger partial charge in [0.2, 0.25) is 5.91 Å². The van der Waals surface area contributed by atoms with Gasteiger partial charge in [0.05, 0.1) is 5.69 Å². The molecule has 2 fully saturated rings. The zero-order valence-corrected chi connectivity index (χ0v) is 15.2. The summed E-state index contributed by atoms with van der Waals surface area (Å²) in [7, 11) is 0. The van der Waals surface area contributed by atoms with Crippen molar-refractivity contribution in [3.63, 3.8) is 0 Å². The summed E-state index contributed by atoms with van der Waals surface area (Å²) < 4.78 is 2.00. The first-order valence-corrected chi connectivity index (χ1v) is 9.99. The van der Waals surface area contributed by atoms with Gasteiger partial charge in [-0.3, -0.25) is 4.79 Å². The van der Waals surface area contributed by atoms with Crippen LogP contribution in [0.3, 0.4) is 0 Å². The number of carbonyl (C=O) groups is 1. The van der Waals surface area contributed by atoms with Gasteiger partial charge in [-0.2, -0.15) is 9.61 Å². The maximum Gasteiger partial charge on any atom is 0.220 e. The average Bonchev–Trinajstić information content (AvgIpc) is 3.28. The van der Waals surface area contributed by atoms with Gasteiger partial charge in [-0.1, -0.05) is 0 Å². The highest BCUT2D eigenvalue weighted by atomic mass is 16.1. The monoisotopic (exact) mass is 354 g/mol. The minimum Gasteiger partial charge on any atom is -0.356 e. The summed E-state index contributed by atoms with van der Waals surface area (Å²) in [6.45, 7) is 4.12. The SMILES string of the molecule is O=C1CCC(CN2CCC(c3nnc4cc5c(nn34)CCC5)CC2)CN1. The van der Waals surface area contributed by atoms with Crippen molar-refractivity contribution in [3.8, 4) is 0 Å². The number of hydrogen-bond acceptors (Lipinski definition) is 5. The van der Waals surface area contributed by atoms with Crippen molar-refractivity contribution in [2.75, 3.05) is 26.2 Å². The van der Waals surface area contributed by atoms with Gasteiger partial charge in [0.25, 0.3) is 0 Å². The first kappa shape index (κ1) is 16.2. The lowest BCUT2D eigenvalue weighted by Crippen LogP contribution is -2.43. The molecule has 0 radical (unpaired) electrons. The van der Waals surface area contributed by atoms with Gasteiger partial charge in [-0.15, -0.1) is 10.2 Å². The molecule has 5 rings (SSSR count). The molecule has 1 N–H and O–H groups in total. The van der Waals surface area contributed by atoms with Crippen LogP contribution in [-0.2, 0) is 17.6 Å². The number of fused-ring (bicyclic) bond motifs is 2. The molecular formula is C19H26N6O. The highest BCUT2D eigenvalue weighted by molar-refractivity contribution is 5.76. The van der Waals surface area contributed by atoms with Crippen LogP contribution in [0.25, 0.3) is 5.65 Å². The second kappa shape index (κ2) is 6.61. The molecule has 7 nitrogen and oxygen atoms in total. The lowest BCUT2D eigenvalue weighted by molar-refractivity contribution is -0.123. The molecule has 7 heteroatoms. The molecule has 1 unspecified atom stereocenters. The summed E-state index contributed by atoms with van der Waals surface area (Å²) in [5.41, 5.74) is 3.49. The molecule has 0 saturated carbocycles. The van der Waals surface area contributed by atoms with E-state index in [9.17, 15) is 4.79 Å². The molecule has 2 aromatic rings. The van der Waals surface area contributed by atoms with E-state index >= 15 is 0 Å². The summed E-state index contributed by atoms with van der Waals surface area (Å²) in [6.07, 6.45) is 7.34. The van der Waals surface area contributed by atoms with Crippen molar-refractivity contribution in [2.24, 2.45) is 5.92 Å². The normalized spacial score (nSPS) is 24.8. The number of nitrogens with one attached hydrogen (secondary N) is 1. The topological polar surface area (TPSA) is 75.4 Å². The number of nitrogens with zero attached hydrogens (tertiary/aromatic N) is 5. The van der Waals surface area contributed by atoms with Gasteiger partial charge in [0, 0.05) is 25.4 Å². The minimum absolute atomic E-state index is 0.206. The van der Waals surface area contributed by atoms with Gasteiger partial charge in [0.1, 0.15) is 0 Å². The summed E-state index contributed by atoms with van der Waals surface area (Å²) in [5, 5.41) is 16.7. The summed E-state index contributed by atoms with van der Waals surface area (Å²) in [5.74, 6) is 2.29. The molecule has 2 aliphatic heterocycles. The van der Waals surface area contributed by atoms with Crippen LogP contribution in [0.15, 0.2) is 6.07 Å². The van der Waals surface area contributed by atoms with E-state index in [1.807, 2.05) is 4.52 Å². The first-order valence-electron chi connectivity index (χ1n) is 9.99. The largest absolute Gasteiger partial charge is 0.356 e. The van der Waals surface area contributed by atoms with Crippen LogP contribution < -0.4 is 5.32 Å². The van der Waals surface area contributed by atoms with Gasteiger partial charge < -0.3 is 10.2 Å². The third-order valence-corrected chi connectivity index (χ3v) is 6.28. The second-order valence-electron chi connectivity index (χ2n) is 8.08. The Hall–Kier alpha value is -2.02. The van der Waals surface area contributed by atoms with Crippen LogP contribution in [0.4, 0.5) is 0 Å². The Morgan fingerprint density at radius 2 is 2.00 bits per heavy atom. The number of carbonyl (C=O) groups excluding carboxylic acids is 1. The highest BCUT2D eigenvalue weighted by Gasteiger charge is 2.28. The van der Waals surface area contributed by atoms with Gasteiger partial charge in [-0.05, 0) is 69.2 Å². The Labute approximate surface area is 153 Å². The lowest BCUT2D eigenvalue weighted by atomic mass is 9.93.